The molecule has 2 aromatic rings. The van der Waals surface area contributed by atoms with E-state index in [1.165, 1.54) is 25.3 Å². The number of likely N-dealkylation sites (tertiary alicyclic amines) is 1. The first kappa shape index (κ1) is 24.4. The Kier molecular flexibility index (Phi) is 6.12. The van der Waals surface area contributed by atoms with E-state index in [-0.39, 0.29) is 41.3 Å². The minimum absolute atomic E-state index is 0.0368. The molecule has 0 radical (unpaired) electrons. The second-order valence-corrected chi connectivity index (χ2v) is 9.99. The molecule has 1 aliphatic carbocycles. The summed E-state index contributed by atoms with van der Waals surface area (Å²) < 4.78 is 5.06. The van der Waals surface area contributed by atoms with Crippen LogP contribution in [0.1, 0.15) is 39.2 Å². The second-order valence-electron chi connectivity index (χ2n) is 9.99. The average molecular weight is 480 g/mol. The molecule has 0 spiro atoms. The molecule has 1 N–H and O–H groups in total. The van der Waals surface area contributed by atoms with E-state index in [1.54, 1.807) is 0 Å². The van der Waals surface area contributed by atoms with Crippen molar-refractivity contribution in [2.24, 2.45) is 16.7 Å². The Balaban J connectivity index is 1.73. The monoisotopic (exact) mass is 479 g/mol. The van der Waals surface area contributed by atoms with Gasteiger partial charge in [-0.05, 0) is 36.0 Å². The highest BCUT2D eigenvalue weighted by Gasteiger charge is 2.65. The third kappa shape index (κ3) is 3.94. The number of nitro benzene ring substituents is 1. The Hall–Kier alpha value is -3.75. The summed E-state index contributed by atoms with van der Waals surface area (Å²) in [5, 5.41) is 14.2. The zero-order chi connectivity index (χ0) is 25.5. The van der Waals surface area contributed by atoms with Gasteiger partial charge in [-0.3, -0.25) is 29.4 Å². The Morgan fingerprint density at radius 3 is 2.51 bits per heavy atom. The minimum atomic E-state index is -1.16. The molecule has 0 aromatic heterocycles. The fraction of sp³-hybridized carbons (Fsp3) is 0.423. The maximum atomic E-state index is 13.8. The molecule has 3 unspecified atom stereocenters. The lowest BCUT2D eigenvalue weighted by Gasteiger charge is -2.49. The SMILES string of the molecule is COc1ccc(NC(=O)C(Cc2ccccc2)N2C(=O)C3CCC(C)(C2=O)C3(C)C)c([N+](=O)[O-])c1. The molecule has 35 heavy (non-hydrogen) atoms. The summed E-state index contributed by atoms with van der Waals surface area (Å²) in [7, 11) is 1.39. The third-order valence-electron chi connectivity index (χ3n) is 8.00. The van der Waals surface area contributed by atoms with Crippen LogP contribution in [-0.4, -0.2) is 40.7 Å². The predicted octanol–water partition coefficient (Wildman–Crippen LogP) is 3.96. The smallest absolute Gasteiger partial charge is 0.296 e. The molecule has 184 valence electrons. The molecule has 3 atom stereocenters. The van der Waals surface area contributed by atoms with Crippen molar-refractivity contribution in [1.82, 2.24) is 4.90 Å². The van der Waals surface area contributed by atoms with Crippen LogP contribution in [0.2, 0.25) is 0 Å². The van der Waals surface area contributed by atoms with Gasteiger partial charge in [0.2, 0.25) is 17.7 Å². The normalized spacial score (nSPS) is 23.7. The number of carbonyl (C=O) groups excluding carboxylic acids is 3. The first-order valence-corrected chi connectivity index (χ1v) is 11.6. The number of rotatable bonds is 7. The largest absolute Gasteiger partial charge is 0.496 e. The zero-order valence-electron chi connectivity index (χ0n) is 20.2. The van der Waals surface area contributed by atoms with Crippen molar-refractivity contribution >= 4 is 29.1 Å². The minimum Gasteiger partial charge on any atom is -0.496 e. The van der Waals surface area contributed by atoms with Gasteiger partial charge >= 0.3 is 0 Å². The molecule has 4 rings (SSSR count). The topological polar surface area (TPSA) is 119 Å². The second kappa shape index (κ2) is 8.79. The van der Waals surface area contributed by atoms with Gasteiger partial charge in [-0.25, -0.2) is 0 Å². The van der Waals surface area contributed by atoms with Crippen LogP contribution in [0.25, 0.3) is 0 Å². The Morgan fingerprint density at radius 2 is 1.89 bits per heavy atom. The van der Waals surface area contributed by atoms with E-state index in [4.69, 9.17) is 4.74 Å². The number of amides is 3. The lowest BCUT2D eigenvalue weighted by Crippen LogP contribution is -2.64. The molecule has 2 aliphatic rings. The van der Waals surface area contributed by atoms with Crippen molar-refractivity contribution in [3.63, 3.8) is 0 Å². The van der Waals surface area contributed by atoms with E-state index in [0.717, 1.165) is 10.5 Å². The number of ether oxygens (including phenoxy) is 1. The van der Waals surface area contributed by atoms with E-state index in [9.17, 15) is 24.5 Å². The third-order valence-corrected chi connectivity index (χ3v) is 8.00. The number of methoxy groups -OCH3 is 1. The number of nitrogens with zero attached hydrogens (tertiary/aromatic N) is 2. The standard InChI is InChI=1S/C26H29N3O6/c1-25(2)18-12-13-26(25,3)24(32)28(23(18)31)21(14-16-8-6-5-7-9-16)22(30)27-19-11-10-17(35-4)15-20(19)29(33)34/h5-11,15,18,21H,12-14H2,1-4H3,(H,27,30). The van der Waals surface area contributed by atoms with Crippen molar-refractivity contribution in [2.45, 2.75) is 46.1 Å². The van der Waals surface area contributed by atoms with Crippen LogP contribution in [-0.2, 0) is 20.8 Å². The number of fused-ring (bicyclic) bond motifs is 2. The van der Waals surface area contributed by atoms with Crippen LogP contribution in [0.3, 0.4) is 0 Å². The maximum Gasteiger partial charge on any atom is 0.296 e. The molecule has 9 heteroatoms. The van der Waals surface area contributed by atoms with Crippen LogP contribution in [0.4, 0.5) is 11.4 Å². The number of piperidine rings is 1. The molecular weight excluding hydrogens is 450 g/mol. The molecule has 3 amide bonds. The Bertz CT molecular complexity index is 1190. The molecule has 9 nitrogen and oxygen atoms in total. The summed E-state index contributed by atoms with van der Waals surface area (Å²) >= 11 is 0. The van der Waals surface area contributed by atoms with Gasteiger partial charge in [0.15, 0.2) is 0 Å². The lowest BCUT2D eigenvalue weighted by atomic mass is 9.62. The fourth-order valence-electron chi connectivity index (χ4n) is 5.39. The summed E-state index contributed by atoms with van der Waals surface area (Å²) in [5.41, 5.74) is -0.932. The first-order valence-electron chi connectivity index (χ1n) is 11.6. The number of nitro groups is 1. The molecule has 2 fully saturated rings. The number of benzene rings is 2. The van der Waals surface area contributed by atoms with Gasteiger partial charge in [0, 0.05) is 12.3 Å². The van der Waals surface area contributed by atoms with Gasteiger partial charge in [0.1, 0.15) is 17.5 Å². The molecule has 2 aromatic carbocycles. The molecular formula is C26H29N3O6. The summed E-state index contributed by atoms with van der Waals surface area (Å²) in [6, 6.07) is 12.0. The van der Waals surface area contributed by atoms with Crippen LogP contribution in [0.5, 0.6) is 5.75 Å². The van der Waals surface area contributed by atoms with Crippen molar-refractivity contribution in [2.75, 3.05) is 12.4 Å². The summed E-state index contributed by atoms with van der Waals surface area (Å²) in [6.45, 7) is 5.73. The lowest BCUT2D eigenvalue weighted by molar-refractivity contribution is -0.384. The maximum absolute atomic E-state index is 13.8. The number of carbonyl (C=O) groups is 3. The number of hydrogen-bond acceptors (Lipinski definition) is 6. The molecule has 1 aliphatic heterocycles. The van der Waals surface area contributed by atoms with E-state index >= 15 is 0 Å². The van der Waals surface area contributed by atoms with Crippen molar-refractivity contribution in [1.29, 1.82) is 0 Å². The Labute approximate surface area is 203 Å². The van der Waals surface area contributed by atoms with Gasteiger partial charge in [-0.1, -0.05) is 51.1 Å². The predicted molar refractivity (Wildman–Crippen MR) is 129 cm³/mol. The summed E-state index contributed by atoms with van der Waals surface area (Å²) in [5.74, 6) is -1.52. The zero-order valence-corrected chi connectivity index (χ0v) is 20.2. The fourth-order valence-corrected chi connectivity index (χ4v) is 5.39. The van der Waals surface area contributed by atoms with Gasteiger partial charge < -0.3 is 10.1 Å². The van der Waals surface area contributed by atoms with E-state index < -0.39 is 27.7 Å². The molecule has 1 saturated heterocycles. The van der Waals surface area contributed by atoms with Crippen molar-refractivity contribution < 1.29 is 24.0 Å². The Morgan fingerprint density at radius 1 is 1.20 bits per heavy atom. The van der Waals surface area contributed by atoms with Crippen molar-refractivity contribution in [3.8, 4) is 5.75 Å². The van der Waals surface area contributed by atoms with Crippen LogP contribution < -0.4 is 10.1 Å². The van der Waals surface area contributed by atoms with Gasteiger partial charge in [-0.2, -0.15) is 0 Å². The number of hydrogen-bond donors (Lipinski definition) is 1. The van der Waals surface area contributed by atoms with E-state index in [2.05, 4.69) is 5.32 Å². The van der Waals surface area contributed by atoms with Crippen molar-refractivity contribution in [3.05, 3.63) is 64.2 Å². The molecule has 1 heterocycles. The first-order chi connectivity index (χ1) is 16.5. The highest BCUT2D eigenvalue weighted by molar-refractivity contribution is 6.09. The highest BCUT2D eigenvalue weighted by Crippen LogP contribution is 2.60. The van der Waals surface area contributed by atoms with Gasteiger partial charge in [0.25, 0.3) is 5.69 Å². The van der Waals surface area contributed by atoms with Crippen LogP contribution in [0.15, 0.2) is 48.5 Å². The van der Waals surface area contributed by atoms with Gasteiger partial charge in [-0.15, -0.1) is 0 Å². The van der Waals surface area contributed by atoms with E-state index in [0.29, 0.717) is 12.8 Å². The summed E-state index contributed by atoms with van der Waals surface area (Å²) in [6.07, 6.45) is 1.24. The van der Waals surface area contributed by atoms with E-state index in [1.807, 2.05) is 51.1 Å². The number of anilines is 1. The number of nitrogens with one attached hydrogen (secondary N) is 1. The van der Waals surface area contributed by atoms with Crippen LogP contribution in [0, 0.1) is 26.9 Å². The molecule has 2 bridgehead atoms. The number of imide groups is 1. The van der Waals surface area contributed by atoms with Gasteiger partial charge in [0.05, 0.1) is 23.5 Å². The quantitative estimate of drug-likeness (QED) is 0.365. The van der Waals surface area contributed by atoms with Crippen LogP contribution >= 0.6 is 0 Å². The molecule has 1 saturated carbocycles. The summed E-state index contributed by atoms with van der Waals surface area (Å²) in [4.78, 5) is 53.1. The average Bonchev–Trinajstić information content (AvgIpc) is 3.01. The highest BCUT2D eigenvalue weighted by atomic mass is 16.6.